The summed E-state index contributed by atoms with van der Waals surface area (Å²) in [5.41, 5.74) is 7.19. The summed E-state index contributed by atoms with van der Waals surface area (Å²) >= 11 is 0. The molecule has 0 atom stereocenters. The molecule has 0 aromatic rings. The maximum absolute atomic E-state index is 11.0. The number of amides is 1. The molecule has 0 saturated carbocycles. The van der Waals surface area contributed by atoms with Crippen molar-refractivity contribution in [3.05, 3.63) is 0 Å². The summed E-state index contributed by atoms with van der Waals surface area (Å²) < 4.78 is 9.26. The summed E-state index contributed by atoms with van der Waals surface area (Å²) in [4.78, 5) is 21.9. The monoisotopic (exact) mass is 231 g/mol. The summed E-state index contributed by atoms with van der Waals surface area (Å²) in [5, 5.41) is 3.32. The standard InChI is InChI=1S/C9H17N3O4/c1-3-5-6-16-9(14)12-11-7(10)8(13)15-4-2/h3-6H2,1-2H3,(H2,10,11)(H,12,14). The molecular formula is C9H17N3O4. The van der Waals surface area contributed by atoms with Crippen molar-refractivity contribution in [1.82, 2.24) is 5.43 Å². The fraction of sp³-hybridized carbons (Fsp3) is 0.667. The third-order valence-corrected chi connectivity index (χ3v) is 1.48. The van der Waals surface area contributed by atoms with Crippen LogP contribution in [0, 0.1) is 0 Å². The Bertz CT molecular complexity index is 265. The van der Waals surface area contributed by atoms with Crippen molar-refractivity contribution in [2.24, 2.45) is 10.8 Å². The molecule has 92 valence electrons. The molecule has 0 aromatic heterocycles. The van der Waals surface area contributed by atoms with Gasteiger partial charge in [-0.1, -0.05) is 13.3 Å². The van der Waals surface area contributed by atoms with Crippen LogP contribution in [0.1, 0.15) is 26.7 Å². The van der Waals surface area contributed by atoms with Crippen molar-refractivity contribution in [2.75, 3.05) is 13.2 Å². The van der Waals surface area contributed by atoms with E-state index in [-0.39, 0.29) is 6.61 Å². The Hall–Kier alpha value is -1.79. The van der Waals surface area contributed by atoms with Crippen LogP contribution in [-0.2, 0) is 14.3 Å². The van der Waals surface area contributed by atoms with E-state index >= 15 is 0 Å². The molecule has 3 N–H and O–H groups in total. The third-order valence-electron chi connectivity index (χ3n) is 1.48. The number of carbonyl (C=O) groups is 2. The van der Waals surface area contributed by atoms with Crippen LogP contribution in [0.25, 0.3) is 0 Å². The first-order valence-corrected chi connectivity index (χ1v) is 5.04. The number of hydrogen-bond donors (Lipinski definition) is 2. The van der Waals surface area contributed by atoms with Gasteiger partial charge in [-0.3, -0.25) is 0 Å². The number of nitrogens with two attached hydrogens (primary N) is 1. The van der Waals surface area contributed by atoms with Gasteiger partial charge in [0.15, 0.2) is 0 Å². The van der Waals surface area contributed by atoms with Gasteiger partial charge in [0.25, 0.3) is 0 Å². The van der Waals surface area contributed by atoms with Crippen LogP contribution < -0.4 is 11.2 Å². The van der Waals surface area contributed by atoms with Crippen molar-refractivity contribution >= 4 is 17.9 Å². The zero-order valence-electron chi connectivity index (χ0n) is 9.49. The number of ether oxygens (including phenoxy) is 2. The Kier molecular flexibility index (Phi) is 7.56. The second kappa shape index (κ2) is 8.51. The predicted molar refractivity (Wildman–Crippen MR) is 57.6 cm³/mol. The van der Waals surface area contributed by atoms with Gasteiger partial charge in [0.05, 0.1) is 13.2 Å². The van der Waals surface area contributed by atoms with Gasteiger partial charge in [0.1, 0.15) is 0 Å². The van der Waals surface area contributed by atoms with Gasteiger partial charge in [0.2, 0.25) is 5.84 Å². The topological polar surface area (TPSA) is 103 Å². The van der Waals surface area contributed by atoms with Gasteiger partial charge in [-0.2, -0.15) is 0 Å². The van der Waals surface area contributed by atoms with E-state index in [1.54, 1.807) is 6.92 Å². The van der Waals surface area contributed by atoms with Gasteiger partial charge in [-0.05, 0) is 13.3 Å². The van der Waals surface area contributed by atoms with Crippen LogP contribution in [0.3, 0.4) is 0 Å². The number of rotatable bonds is 5. The maximum Gasteiger partial charge on any atom is 0.427 e. The summed E-state index contributed by atoms with van der Waals surface area (Å²) in [6.07, 6.45) is 0.937. The zero-order valence-corrected chi connectivity index (χ0v) is 9.49. The van der Waals surface area contributed by atoms with E-state index in [0.29, 0.717) is 6.61 Å². The van der Waals surface area contributed by atoms with Crippen molar-refractivity contribution in [3.8, 4) is 0 Å². The van der Waals surface area contributed by atoms with Crippen LogP contribution in [-0.4, -0.2) is 31.1 Å². The molecule has 1 amide bonds. The molecule has 0 aliphatic rings. The molecule has 0 bridgehead atoms. The Balaban J connectivity index is 3.87. The Morgan fingerprint density at radius 2 is 2.00 bits per heavy atom. The van der Waals surface area contributed by atoms with Gasteiger partial charge >= 0.3 is 12.1 Å². The normalized spacial score (nSPS) is 10.8. The molecule has 0 rings (SSSR count). The minimum absolute atomic E-state index is 0.190. The number of esters is 1. The molecule has 0 aliphatic heterocycles. The first-order valence-electron chi connectivity index (χ1n) is 5.04. The Labute approximate surface area is 94.0 Å². The largest absolute Gasteiger partial charge is 0.460 e. The summed E-state index contributed by atoms with van der Waals surface area (Å²) in [7, 11) is 0. The highest BCUT2D eigenvalue weighted by Gasteiger charge is 2.08. The van der Waals surface area contributed by atoms with E-state index < -0.39 is 17.9 Å². The summed E-state index contributed by atoms with van der Waals surface area (Å²) in [5.74, 6) is -1.20. The SMILES string of the molecule is CCCCOC(=O)NN=C(N)C(=O)OCC. The molecule has 16 heavy (non-hydrogen) atoms. The van der Waals surface area contributed by atoms with Crippen molar-refractivity contribution in [1.29, 1.82) is 0 Å². The third kappa shape index (κ3) is 6.63. The number of carbonyl (C=O) groups excluding carboxylic acids is 2. The van der Waals surface area contributed by atoms with E-state index in [1.807, 2.05) is 12.3 Å². The van der Waals surface area contributed by atoms with Crippen molar-refractivity contribution < 1.29 is 19.1 Å². The highest BCUT2D eigenvalue weighted by atomic mass is 16.6. The van der Waals surface area contributed by atoms with Crippen LogP contribution in [0.15, 0.2) is 5.10 Å². The second-order valence-electron chi connectivity index (χ2n) is 2.82. The van der Waals surface area contributed by atoms with E-state index in [0.717, 1.165) is 12.8 Å². The number of nitrogens with zero attached hydrogens (tertiary/aromatic N) is 1. The zero-order chi connectivity index (χ0) is 12.4. The fourth-order valence-corrected chi connectivity index (χ4v) is 0.698. The molecule has 7 nitrogen and oxygen atoms in total. The highest BCUT2D eigenvalue weighted by molar-refractivity contribution is 6.34. The minimum atomic E-state index is -0.781. The van der Waals surface area contributed by atoms with Crippen molar-refractivity contribution in [3.63, 3.8) is 0 Å². The van der Waals surface area contributed by atoms with Gasteiger partial charge < -0.3 is 15.2 Å². The number of nitrogens with one attached hydrogen (secondary N) is 1. The molecule has 0 unspecified atom stereocenters. The molecule has 7 heteroatoms. The average Bonchev–Trinajstić information content (AvgIpc) is 2.26. The number of hydrogen-bond acceptors (Lipinski definition) is 5. The van der Waals surface area contributed by atoms with E-state index in [9.17, 15) is 9.59 Å². The minimum Gasteiger partial charge on any atom is -0.460 e. The van der Waals surface area contributed by atoms with Gasteiger partial charge in [0, 0.05) is 0 Å². The molecule has 0 spiro atoms. The Morgan fingerprint density at radius 1 is 1.31 bits per heavy atom. The quantitative estimate of drug-likeness (QED) is 0.233. The molecule has 0 aliphatic carbocycles. The first-order chi connectivity index (χ1) is 7.61. The van der Waals surface area contributed by atoms with E-state index in [4.69, 9.17) is 10.5 Å². The van der Waals surface area contributed by atoms with Crippen LogP contribution in [0.2, 0.25) is 0 Å². The first kappa shape index (κ1) is 14.2. The number of unbranched alkanes of at least 4 members (excludes halogenated alkanes) is 1. The van der Waals surface area contributed by atoms with E-state index in [1.165, 1.54) is 0 Å². The molecule has 0 aromatic carbocycles. The maximum atomic E-state index is 11.0. The van der Waals surface area contributed by atoms with Crippen LogP contribution in [0.4, 0.5) is 4.79 Å². The predicted octanol–water partition coefficient (Wildman–Crippen LogP) is 0.348. The van der Waals surface area contributed by atoms with Gasteiger partial charge in [-0.25, -0.2) is 15.0 Å². The molecule has 0 fully saturated rings. The lowest BCUT2D eigenvalue weighted by Gasteiger charge is -2.03. The summed E-state index contributed by atoms with van der Waals surface area (Å²) in [6.45, 7) is 4.10. The lowest BCUT2D eigenvalue weighted by molar-refractivity contribution is -0.135. The van der Waals surface area contributed by atoms with Gasteiger partial charge in [-0.15, -0.1) is 5.10 Å². The number of amidine groups is 1. The van der Waals surface area contributed by atoms with Crippen LogP contribution in [0.5, 0.6) is 0 Å². The average molecular weight is 231 g/mol. The second-order valence-corrected chi connectivity index (χ2v) is 2.82. The lowest BCUT2D eigenvalue weighted by atomic mass is 10.4. The molecule has 0 radical (unpaired) electrons. The highest BCUT2D eigenvalue weighted by Crippen LogP contribution is 1.88. The Morgan fingerprint density at radius 3 is 2.56 bits per heavy atom. The summed E-state index contributed by atoms with van der Waals surface area (Å²) in [6, 6.07) is 0. The molecular weight excluding hydrogens is 214 g/mol. The van der Waals surface area contributed by atoms with Crippen LogP contribution >= 0.6 is 0 Å². The smallest absolute Gasteiger partial charge is 0.427 e. The number of hydrazone groups is 1. The molecule has 0 saturated heterocycles. The lowest BCUT2D eigenvalue weighted by Crippen LogP contribution is -2.31. The molecule has 0 heterocycles. The van der Waals surface area contributed by atoms with E-state index in [2.05, 4.69) is 9.84 Å². The van der Waals surface area contributed by atoms with Crippen molar-refractivity contribution in [2.45, 2.75) is 26.7 Å². The fourth-order valence-electron chi connectivity index (χ4n) is 0.698.